The molecule has 1 heterocycles. The lowest BCUT2D eigenvalue weighted by Gasteiger charge is -2.19. The number of pyridine rings is 1. The van der Waals surface area contributed by atoms with Crippen LogP contribution in [0.5, 0.6) is 0 Å². The SMILES string of the molecule is CCN(CC(=O)NC)C(=O)c1nc(Cl)ccc1Cl. The molecule has 0 unspecified atom stereocenters. The number of hydrogen-bond acceptors (Lipinski definition) is 3. The Morgan fingerprint density at radius 3 is 2.61 bits per heavy atom. The van der Waals surface area contributed by atoms with Crippen LogP contribution in [0.25, 0.3) is 0 Å². The number of hydrogen-bond donors (Lipinski definition) is 1. The van der Waals surface area contributed by atoms with E-state index in [0.717, 1.165) is 0 Å². The first-order valence-corrected chi connectivity index (χ1v) is 6.07. The molecule has 7 heteroatoms. The molecule has 0 radical (unpaired) electrons. The van der Waals surface area contributed by atoms with Crippen molar-refractivity contribution in [1.29, 1.82) is 0 Å². The summed E-state index contributed by atoms with van der Waals surface area (Å²) in [6, 6.07) is 2.99. The molecule has 2 amide bonds. The molecule has 0 bridgehead atoms. The number of rotatable bonds is 4. The Labute approximate surface area is 115 Å². The van der Waals surface area contributed by atoms with Gasteiger partial charge in [0, 0.05) is 13.6 Å². The van der Waals surface area contributed by atoms with E-state index >= 15 is 0 Å². The maximum absolute atomic E-state index is 12.1. The molecule has 18 heavy (non-hydrogen) atoms. The largest absolute Gasteiger partial charge is 0.358 e. The Morgan fingerprint density at radius 1 is 1.39 bits per heavy atom. The number of nitrogens with one attached hydrogen (secondary N) is 1. The van der Waals surface area contributed by atoms with Crippen LogP contribution in [0.3, 0.4) is 0 Å². The van der Waals surface area contributed by atoms with Gasteiger partial charge in [0.25, 0.3) is 5.91 Å². The van der Waals surface area contributed by atoms with Crippen LogP contribution in [-0.4, -0.2) is 41.8 Å². The summed E-state index contributed by atoms with van der Waals surface area (Å²) in [4.78, 5) is 28.6. The molecule has 98 valence electrons. The minimum absolute atomic E-state index is 0.0453. The van der Waals surface area contributed by atoms with E-state index in [1.807, 2.05) is 0 Å². The van der Waals surface area contributed by atoms with E-state index in [1.54, 1.807) is 6.92 Å². The second-order valence-electron chi connectivity index (χ2n) is 3.46. The lowest BCUT2D eigenvalue weighted by atomic mass is 10.3. The van der Waals surface area contributed by atoms with E-state index < -0.39 is 5.91 Å². The Bertz CT molecular complexity index is 466. The summed E-state index contributed by atoms with van der Waals surface area (Å²) in [6.07, 6.45) is 0. The molecule has 1 N–H and O–H groups in total. The highest BCUT2D eigenvalue weighted by Gasteiger charge is 2.20. The van der Waals surface area contributed by atoms with Gasteiger partial charge in [0.15, 0.2) is 0 Å². The predicted octanol–water partition coefficient (Wildman–Crippen LogP) is 1.60. The third kappa shape index (κ3) is 3.58. The van der Waals surface area contributed by atoms with Crippen LogP contribution in [0.2, 0.25) is 10.2 Å². The molecule has 0 saturated carbocycles. The van der Waals surface area contributed by atoms with Crippen molar-refractivity contribution in [2.75, 3.05) is 20.1 Å². The van der Waals surface area contributed by atoms with Crippen LogP contribution < -0.4 is 5.32 Å². The molecule has 0 aliphatic rings. The average molecular weight is 290 g/mol. The summed E-state index contributed by atoms with van der Waals surface area (Å²) < 4.78 is 0. The molecular formula is C11H13Cl2N3O2. The van der Waals surface area contributed by atoms with Gasteiger partial charge in [-0.2, -0.15) is 0 Å². The van der Waals surface area contributed by atoms with Crippen LogP contribution >= 0.6 is 23.2 Å². The van der Waals surface area contributed by atoms with Gasteiger partial charge >= 0.3 is 0 Å². The van der Waals surface area contributed by atoms with Crippen molar-refractivity contribution < 1.29 is 9.59 Å². The first kappa shape index (κ1) is 14.7. The summed E-state index contributed by atoms with van der Waals surface area (Å²) in [5, 5.41) is 2.84. The molecule has 0 aliphatic carbocycles. The first-order valence-electron chi connectivity index (χ1n) is 5.31. The summed E-state index contributed by atoms with van der Waals surface area (Å²) in [6.45, 7) is 2.09. The lowest BCUT2D eigenvalue weighted by Crippen LogP contribution is -2.39. The van der Waals surface area contributed by atoms with E-state index in [2.05, 4.69) is 10.3 Å². The molecule has 1 aromatic rings. The Balaban J connectivity index is 2.96. The second-order valence-corrected chi connectivity index (χ2v) is 4.25. The highest BCUT2D eigenvalue weighted by atomic mass is 35.5. The number of amides is 2. The van der Waals surface area contributed by atoms with Crippen molar-refractivity contribution in [2.45, 2.75) is 6.92 Å². The number of likely N-dealkylation sites (N-methyl/N-ethyl adjacent to an activating group) is 2. The van der Waals surface area contributed by atoms with Gasteiger partial charge in [-0.05, 0) is 19.1 Å². The van der Waals surface area contributed by atoms with Gasteiger partial charge in [0.1, 0.15) is 10.8 Å². The molecule has 0 atom stereocenters. The number of carbonyl (C=O) groups excluding carboxylic acids is 2. The van der Waals surface area contributed by atoms with Crippen molar-refractivity contribution in [3.63, 3.8) is 0 Å². The standard InChI is InChI=1S/C11H13Cl2N3O2/c1-3-16(6-9(17)14-2)11(18)10-7(12)4-5-8(13)15-10/h4-5H,3,6H2,1-2H3,(H,14,17). The molecule has 0 aliphatic heterocycles. The number of nitrogens with zero attached hydrogens (tertiary/aromatic N) is 2. The van der Waals surface area contributed by atoms with Crippen molar-refractivity contribution in [3.8, 4) is 0 Å². The van der Waals surface area contributed by atoms with Gasteiger partial charge < -0.3 is 10.2 Å². The summed E-state index contributed by atoms with van der Waals surface area (Å²) in [5.41, 5.74) is 0.0509. The van der Waals surface area contributed by atoms with E-state index in [4.69, 9.17) is 23.2 Å². The van der Waals surface area contributed by atoms with E-state index in [1.165, 1.54) is 24.1 Å². The zero-order chi connectivity index (χ0) is 13.7. The first-order chi connectivity index (χ1) is 8.49. The van der Waals surface area contributed by atoms with Crippen LogP contribution in [0.15, 0.2) is 12.1 Å². The zero-order valence-corrected chi connectivity index (χ0v) is 11.5. The molecular weight excluding hydrogens is 277 g/mol. The quantitative estimate of drug-likeness (QED) is 0.857. The Hall–Kier alpha value is -1.33. The predicted molar refractivity (Wildman–Crippen MR) is 69.9 cm³/mol. The third-order valence-electron chi connectivity index (χ3n) is 2.30. The smallest absolute Gasteiger partial charge is 0.274 e. The van der Waals surface area contributed by atoms with Gasteiger partial charge in [-0.1, -0.05) is 23.2 Å². The Morgan fingerprint density at radius 2 is 2.06 bits per heavy atom. The van der Waals surface area contributed by atoms with Crippen molar-refractivity contribution in [1.82, 2.24) is 15.2 Å². The normalized spacial score (nSPS) is 10.0. The van der Waals surface area contributed by atoms with Crippen LogP contribution in [0.4, 0.5) is 0 Å². The van der Waals surface area contributed by atoms with Gasteiger partial charge in [0.05, 0.1) is 11.6 Å². The fourth-order valence-electron chi connectivity index (χ4n) is 1.30. The van der Waals surface area contributed by atoms with Gasteiger partial charge in [0.2, 0.25) is 5.91 Å². The van der Waals surface area contributed by atoms with Crippen LogP contribution in [-0.2, 0) is 4.79 Å². The minimum Gasteiger partial charge on any atom is -0.358 e. The molecule has 0 spiro atoms. The highest BCUT2D eigenvalue weighted by Crippen LogP contribution is 2.18. The monoisotopic (exact) mass is 289 g/mol. The third-order valence-corrected chi connectivity index (χ3v) is 2.81. The van der Waals surface area contributed by atoms with Gasteiger partial charge in [-0.15, -0.1) is 0 Å². The number of carbonyl (C=O) groups is 2. The molecule has 5 nitrogen and oxygen atoms in total. The fraction of sp³-hybridized carbons (Fsp3) is 0.364. The van der Waals surface area contributed by atoms with Gasteiger partial charge in [-0.25, -0.2) is 4.98 Å². The van der Waals surface area contributed by atoms with E-state index in [-0.39, 0.29) is 28.3 Å². The molecule has 0 aromatic carbocycles. The minimum atomic E-state index is -0.423. The van der Waals surface area contributed by atoms with E-state index in [9.17, 15) is 9.59 Å². The maximum Gasteiger partial charge on any atom is 0.274 e. The average Bonchev–Trinajstić information content (AvgIpc) is 2.37. The van der Waals surface area contributed by atoms with Crippen LogP contribution in [0.1, 0.15) is 17.4 Å². The number of halogens is 2. The lowest BCUT2D eigenvalue weighted by molar-refractivity contribution is -0.121. The Kier molecular flexibility index (Phi) is 5.37. The summed E-state index contributed by atoms with van der Waals surface area (Å²) in [5.74, 6) is -0.683. The highest BCUT2D eigenvalue weighted by molar-refractivity contribution is 6.34. The maximum atomic E-state index is 12.1. The summed E-state index contributed by atoms with van der Waals surface area (Å²) >= 11 is 11.6. The molecule has 0 fully saturated rings. The van der Waals surface area contributed by atoms with Crippen molar-refractivity contribution in [2.24, 2.45) is 0 Å². The van der Waals surface area contributed by atoms with Crippen molar-refractivity contribution >= 4 is 35.0 Å². The fourth-order valence-corrected chi connectivity index (χ4v) is 1.63. The molecule has 1 aromatic heterocycles. The molecule has 1 rings (SSSR count). The van der Waals surface area contributed by atoms with Crippen LogP contribution in [0, 0.1) is 0 Å². The second kappa shape index (κ2) is 6.56. The number of aromatic nitrogens is 1. The summed E-state index contributed by atoms with van der Waals surface area (Å²) in [7, 11) is 1.51. The topological polar surface area (TPSA) is 62.3 Å². The molecule has 0 saturated heterocycles. The zero-order valence-electron chi connectivity index (χ0n) is 10.0. The van der Waals surface area contributed by atoms with Gasteiger partial charge in [-0.3, -0.25) is 9.59 Å². The van der Waals surface area contributed by atoms with Crippen molar-refractivity contribution in [3.05, 3.63) is 28.0 Å². The van der Waals surface area contributed by atoms with E-state index in [0.29, 0.717) is 6.54 Å².